The van der Waals surface area contributed by atoms with Crippen LogP contribution in [0.1, 0.15) is 16.1 Å². The SMILES string of the molecule is COc1cc(CC(Br)c2ccc(F)c(Cl)c2)ncn1. The Hall–Kier alpha value is -1.20. The van der Waals surface area contributed by atoms with E-state index in [1.165, 1.54) is 12.4 Å². The van der Waals surface area contributed by atoms with Gasteiger partial charge in [-0.1, -0.05) is 33.6 Å². The van der Waals surface area contributed by atoms with E-state index in [-0.39, 0.29) is 9.85 Å². The van der Waals surface area contributed by atoms with E-state index in [9.17, 15) is 4.39 Å². The molecule has 1 unspecified atom stereocenters. The summed E-state index contributed by atoms with van der Waals surface area (Å²) in [7, 11) is 1.55. The molecule has 1 aromatic heterocycles. The lowest BCUT2D eigenvalue weighted by Gasteiger charge is -2.10. The maximum atomic E-state index is 13.1. The van der Waals surface area contributed by atoms with Crippen molar-refractivity contribution in [3.63, 3.8) is 0 Å². The maximum absolute atomic E-state index is 13.1. The van der Waals surface area contributed by atoms with Gasteiger partial charge in [-0.25, -0.2) is 14.4 Å². The van der Waals surface area contributed by atoms with Crippen molar-refractivity contribution in [2.75, 3.05) is 7.11 Å². The van der Waals surface area contributed by atoms with Gasteiger partial charge >= 0.3 is 0 Å². The number of hydrogen-bond acceptors (Lipinski definition) is 3. The van der Waals surface area contributed by atoms with E-state index in [1.807, 2.05) is 0 Å². The summed E-state index contributed by atoms with van der Waals surface area (Å²) in [5.74, 6) is 0.0932. The molecule has 2 rings (SSSR count). The number of aromatic nitrogens is 2. The van der Waals surface area contributed by atoms with E-state index in [2.05, 4.69) is 25.9 Å². The van der Waals surface area contributed by atoms with Crippen LogP contribution in [0.3, 0.4) is 0 Å². The molecule has 1 heterocycles. The second-order valence-electron chi connectivity index (χ2n) is 3.90. The van der Waals surface area contributed by atoms with E-state index in [0.29, 0.717) is 12.3 Å². The number of methoxy groups -OCH3 is 1. The van der Waals surface area contributed by atoms with Crippen molar-refractivity contribution in [1.82, 2.24) is 9.97 Å². The summed E-state index contributed by atoms with van der Waals surface area (Å²) < 4.78 is 18.1. The lowest BCUT2D eigenvalue weighted by Crippen LogP contribution is -2.00. The third-order valence-electron chi connectivity index (χ3n) is 2.60. The Morgan fingerprint density at radius 3 is 2.84 bits per heavy atom. The van der Waals surface area contributed by atoms with Crippen molar-refractivity contribution in [3.05, 3.63) is 52.7 Å². The molecule has 0 aliphatic carbocycles. The summed E-state index contributed by atoms with van der Waals surface area (Å²) >= 11 is 9.31. The number of ether oxygens (including phenoxy) is 1. The molecule has 19 heavy (non-hydrogen) atoms. The normalized spacial score (nSPS) is 12.2. The highest BCUT2D eigenvalue weighted by Crippen LogP contribution is 2.29. The predicted molar refractivity (Wildman–Crippen MR) is 75.4 cm³/mol. The summed E-state index contributed by atoms with van der Waals surface area (Å²) in [6.07, 6.45) is 2.08. The first kappa shape index (κ1) is 14.2. The fourth-order valence-electron chi connectivity index (χ4n) is 1.61. The summed E-state index contributed by atoms with van der Waals surface area (Å²) in [4.78, 5) is 8.10. The van der Waals surface area contributed by atoms with E-state index in [0.717, 1.165) is 11.3 Å². The molecule has 0 spiro atoms. The molecule has 1 atom stereocenters. The first-order chi connectivity index (χ1) is 9.10. The van der Waals surface area contributed by atoms with Crippen LogP contribution in [-0.2, 0) is 6.42 Å². The Kier molecular flexibility index (Phi) is 4.71. The second-order valence-corrected chi connectivity index (χ2v) is 5.41. The molecule has 0 saturated carbocycles. The summed E-state index contributed by atoms with van der Waals surface area (Å²) in [6, 6.07) is 6.42. The van der Waals surface area contributed by atoms with Crippen molar-refractivity contribution >= 4 is 27.5 Å². The molecule has 0 amide bonds. The van der Waals surface area contributed by atoms with E-state index < -0.39 is 5.82 Å². The smallest absolute Gasteiger partial charge is 0.216 e. The van der Waals surface area contributed by atoms with Crippen LogP contribution in [0.15, 0.2) is 30.6 Å². The number of rotatable bonds is 4. The molecule has 6 heteroatoms. The van der Waals surface area contributed by atoms with Gasteiger partial charge in [-0.3, -0.25) is 0 Å². The van der Waals surface area contributed by atoms with E-state index >= 15 is 0 Å². The highest BCUT2D eigenvalue weighted by molar-refractivity contribution is 9.09. The van der Waals surface area contributed by atoms with Crippen molar-refractivity contribution in [2.45, 2.75) is 11.2 Å². The highest BCUT2D eigenvalue weighted by Gasteiger charge is 2.12. The van der Waals surface area contributed by atoms with Gasteiger partial charge in [0, 0.05) is 23.0 Å². The highest BCUT2D eigenvalue weighted by atomic mass is 79.9. The fourth-order valence-corrected chi connectivity index (χ4v) is 2.41. The zero-order valence-corrected chi connectivity index (χ0v) is 12.4. The minimum atomic E-state index is -0.422. The van der Waals surface area contributed by atoms with Crippen LogP contribution >= 0.6 is 27.5 Å². The molecule has 0 N–H and O–H groups in total. The molecule has 0 saturated heterocycles. The lowest BCUT2D eigenvalue weighted by atomic mass is 10.1. The molecule has 0 aliphatic heterocycles. The number of benzene rings is 1. The molecule has 0 bridgehead atoms. The first-order valence-electron chi connectivity index (χ1n) is 5.54. The van der Waals surface area contributed by atoms with Crippen LogP contribution < -0.4 is 4.74 Å². The lowest BCUT2D eigenvalue weighted by molar-refractivity contribution is 0.396. The van der Waals surface area contributed by atoms with Gasteiger partial charge in [0.25, 0.3) is 0 Å². The standard InChI is InChI=1S/C13H11BrClFN2O/c1-19-13-6-9(17-7-18-13)5-10(14)8-2-3-12(16)11(15)4-8/h2-4,6-7,10H,5H2,1H3. The Balaban J connectivity index is 2.15. The van der Waals surface area contributed by atoms with Gasteiger partial charge in [-0.15, -0.1) is 0 Å². The molecular formula is C13H11BrClFN2O. The fraction of sp³-hybridized carbons (Fsp3) is 0.231. The number of hydrogen-bond donors (Lipinski definition) is 0. The van der Waals surface area contributed by atoms with Crippen molar-refractivity contribution in [1.29, 1.82) is 0 Å². The van der Waals surface area contributed by atoms with Gasteiger partial charge < -0.3 is 4.74 Å². The zero-order chi connectivity index (χ0) is 13.8. The van der Waals surface area contributed by atoms with Crippen LogP contribution in [0.25, 0.3) is 0 Å². The minimum absolute atomic E-state index is 0.00907. The quantitative estimate of drug-likeness (QED) is 0.787. The molecule has 3 nitrogen and oxygen atoms in total. The van der Waals surface area contributed by atoms with Crippen LogP contribution in [0, 0.1) is 5.82 Å². The number of nitrogens with zero attached hydrogens (tertiary/aromatic N) is 2. The van der Waals surface area contributed by atoms with Crippen molar-refractivity contribution in [3.8, 4) is 5.88 Å². The van der Waals surface area contributed by atoms with Gasteiger partial charge in [0.15, 0.2) is 0 Å². The summed E-state index contributed by atoms with van der Waals surface area (Å²) in [5, 5.41) is 0.113. The molecule has 0 aliphatic rings. The Labute approximate surface area is 123 Å². The van der Waals surface area contributed by atoms with Crippen LogP contribution in [0.4, 0.5) is 4.39 Å². The Morgan fingerprint density at radius 2 is 2.16 bits per heavy atom. The number of halogens is 3. The topological polar surface area (TPSA) is 35.0 Å². The van der Waals surface area contributed by atoms with Gasteiger partial charge in [0.2, 0.25) is 5.88 Å². The third-order valence-corrected chi connectivity index (χ3v) is 3.74. The average molecular weight is 346 g/mol. The van der Waals surface area contributed by atoms with E-state index in [4.69, 9.17) is 16.3 Å². The molecule has 1 aromatic carbocycles. The van der Waals surface area contributed by atoms with Crippen molar-refractivity contribution < 1.29 is 9.13 Å². The van der Waals surface area contributed by atoms with E-state index in [1.54, 1.807) is 25.3 Å². The largest absolute Gasteiger partial charge is 0.481 e. The monoisotopic (exact) mass is 344 g/mol. The molecule has 2 aromatic rings. The van der Waals surface area contributed by atoms with Crippen LogP contribution in [-0.4, -0.2) is 17.1 Å². The summed E-state index contributed by atoms with van der Waals surface area (Å²) in [5.41, 5.74) is 1.72. The number of alkyl halides is 1. The molecule has 0 fully saturated rings. The Bertz CT molecular complexity index is 582. The van der Waals surface area contributed by atoms with Gasteiger partial charge in [-0.05, 0) is 17.7 Å². The maximum Gasteiger partial charge on any atom is 0.216 e. The second kappa shape index (κ2) is 6.30. The third kappa shape index (κ3) is 3.64. The van der Waals surface area contributed by atoms with Gasteiger partial charge in [0.05, 0.1) is 12.1 Å². The Morgan fingerprint density at radius 1 is 1.37 bits per heavy atom. The molecule has 0 radical (unpaired) electrons. The van der Waals surface area contributed by atoms with Crippen LogP contribution in [0.5, 0.6) is 5.88 Å². The van der Waals surface area contributed by atoms with Gasteiger partial charge in [-0.2, -0.15) is 0 Å². The van der Waals surface area contributed by atoms with Crippen LogP contribution in [0.2, 0.25) is 5.02 Å². The molecule has 100 valence electrons. The summed E-state index contributed by atoms with van der Waals surface area (Å²) in [6.45, 7) is 0. The predicted octanol–water partition coefficient (Wildman–Crippen LogP) is 3.96. The average Bonchev–Trinajstić information content (AvgIpc) is 2.42. The molecular weight excluding hydrogens is 335 g/mol. The minimum Gasteiger partial charge on any atom is -0.481 e. The van der Waals surface area contributed by atoms with Gasteiger partial charge in [0.1, 0.15) is 12.1 Å². The van der Waals surface area contributed by atoms with Crippen molar-refractivity contribution in [2.24, 2.45) is 0 Å². The first-order valence-corrected chi connectivity index (χ1v) is 6.83. The zero-order valence-electron chi connectivity index (χ0n) is 10.1.